The Morgan fingerprint density at radius 2 is 1.76 bits per heavy atom. The molecule has 0 saturated carbocycles. The normalized spacial score (nSPS) is 11.0. The van der Waals surface area contributed by atoms with Gasteiger partial charge >= 0.3 is 0 Å². The van der Waals surface area contributed by atoms with E-state index < -0.39 is 11.2 Å². The molecule has 0 aliphatic carbocycles. The molecule has 0 saturated heterocycles. The number of fused-ring (bicyclic) bond motifs is 1. The molecular formula is C17H14O4. The summed E-state index contributed by atoms with van der Waals surface area (Å²) in [4.78, 5) is 12.3. The maximum Gasteiger partial charge on any atom is 0.235 e. The summed E-state index contributed by atoms with van der Waals surface area (Å²) in [7, 11) is 0. The second-order valence-corrected chi connectivity index (χ2v) is 5.11. The van der Waals surface area contributed by atoms with E-state index in [-0.39, 0.29) is 11.5 Å². The Kier molecular flexibility index (Phi) is 2.94. The van der Waals surface area contributed by atoms with Crippen LogP contribution < -0.4 is 5.43 Å². The van der Waals surface area contributed by atoms with Crippen molar-refractivity contribution in [2.75, 3.05) is 0 Å². The maximum atomic E-state index is 12.3. The van der Waals surface area contributed by atoms with Gasteiger partial charge in [-0.1, -0.05) is 11.6 Å². The van der Waals surface area contributed by atoms with Crippen LogP contribution in [0.25, 0.3) is 22.3 Å². The lowest BCUT2D eigenvalue weighted by atomic mass is 10.1. The predicted octanol–water partition coefficient (Wildman–Crippen LogP) is 3.49. The molecule has 0 radical (unpaired) electrons. The zero-order chi connectivity index (χ0) is 15.1. The van der Waals surface area contributed by atoms with E-state index in [4.69, 9.17) is 4.42 Å². The summed E-state index contributed by atoms with van der Waals surface area (Å²) < 4.78 is 5.68. The van der Waals surface area contributed by atoms with Gasteiger partial charge in [0.2, 0.25) is 11.2 Å². The molecular weight excluding hydrogens is 268 g/mol. The molecule has 0 aliphatic rings. The van der Waals surface area contributed by atoms with Crippen LogP contribution in [0.1, 0.15) is 11.1 Å². The van der Waals surface area contributed by atoms with Crippen molar-refractivity contribution in [1.29, 1.82) is 0 Å². The average Bonchev–Trinajstić information content (AvgIpc) is 2.46. The van der Waals surface area contributed by atoms with Gasteiger partial charge in [0.1, 0.15) is 11.3 Å². The molecule has 21 heavy (non-hydrogen) atoms. The molecule has 0 atom stereocenters. The van der Waals surface area contributed by atoms with Crippen LogP contribution in [0, 0.1) is 13.8 Å². The topological polar surface area (TPSA) is 70.7 Å². The third-order valence-electron chi connectivity index (χ3n) is 3.48. The Labute approximate surface area is 120 Å². The van der Waals surface area contributed by atoms with Gasteiger partial charge in [0, 0.05) is 5.56 Å². The summed E-state index contributed by atoms with van der Waals surface area (Å²) in [6, 6.07) is 10.0. The lowest BCUT2D eigenvalue weighted by molar-refractivity contribution is 0.448. The van der Waals surface area contributed by atoms with Gasteiger partial charge in [-0.05, 0) is 49.7 Å². The summed E-state index contributed by atoms with van der Waals surface area (Å²) in [6.07, 6.45) is 0. The van der Waals surface area contributed by atoms with Crippen LogP contribution in [0.15, 0.2) is 45.6 Å². The van der Waals surface area contributed by atoms with E-state index in [0.717, 1.165) is 5.56 Å². The van der Waals surface area contributed by atoms with Crippen molar-refractivity contribution in [3.05, 3.63) is 57.7 Å². The van der Waals surface area contributed by atoms with Gasteiger partial charge in [-0.15, -0.1) is 0 Å². The number of aryl methyl sites for hydroxylation is 2. The van der Waals surface area contributed by atoms with Crippen molar-refractivity contribution in [3.63, 3.8) is 0 Å². The molecule has 0 fully saturated rings. The van der Waals surface area contributed by atoms with Crippen molar-refractivity contribution < 1.29 is 14.6 Å². The van der Waals surface area contributed by atoms with E-state index in [9.17, 15) is 15.0 Å². The number of phenols is 1. The van der Waals surface area contributed by atoms with E-state index in [1.165, 1.54) is 6.07 Å². The number of rotatable bonds is 1. The van der Waals surface area contributed by atoms with E-state index in [1.807, 2.05) is 13.0 Å². The lowest BCUT2D eigenvalue weighted by Crippen LogP contribution is -2.02. The predicted molar refractivity (Wildman–Crippen MR) is 80.7 cm³/mol. The Morgan fingerprint density at radius 1 is 1.00 bits per heavy atom. The van der Waals surface area contributed by atoms with Crippen LogP contribution in [-0.4, -0.2) is 10.2 Å². The summed E-state index contributed by atoms with van der Waals surface area (Å²) in [6.45, 7) is 3.60. The monoisotopic (exact) mass is 282 g/mol. The highest BCUT2D eigenvalue weighted by Gasteiger charge is 2.16. The highest BCUT2D eigenvalue weighted by Crippen LogP contribution is 2.32. The highest BCUT2D eigenvalue weighted by atomic mass is 16.4. The van der Waals surface area contributed by atoms with Crippen molar-refractivity contribution in [3.8, 4) is 22.8 Å². The molecule has 1 aromatic heterocycles. The third-order valence-corrected chi connectivity index (χ3v) is 3.48. The fraction of sp³-hybridized carbons (Fsp3) is 0.118. The Balaban J connectivity index is 2.33. The minimum atomic E-state index is -0.458. The van der Waals surface area contributed by atoms with Gasteiger partial charge in [0.25, 0.3) is 0 Å². The van der Waals surface area contributed by atoms with Gasteiger partial charge in [0.05, 0.1) is 5.39 Å². The molecule has 0 spiro atoms. The van der Waals surface area contributed by atoms with Crippen molar-refractivity contribution >= 4 is 11.0 Å². The standard InChI is InChI=1S/C17H14O4/c1-9-3-6-14-12(7-9)15(19)16(20)17(21-14)11-4-5-13(18)10(2)8-11/h3-8,18,20H,1-2H3. The minimum absolute atomic E-state index is 0.111. The van der Waals surface area contributed by atoms with Crippen molar-refractivity contribution in [2.45, 2.75) is 13.8 Å². The number of hydrogen-bond donors (Lipinski definition) is 2. The smallest absolute Gasteiger partial charge is 0.235 e. The van der Waals surface area contributed by atoms with Crippen LogP contribution in [0.4, 0.5) is 0 Å². The molecule has 3 rings (SSSR count). The van der Waals surface area contributed by atoms with Gasteiger partial charge in [-0.3, -0.25) is 4.79 Å². The second kappa shape index (κ2) is 4.66. The van der Waals surface area contributed by atoms with Gasteiger partial charge in [0.15, 0.2) is 5.76 Å². The summed E-state index contributed by atoms with van der Waals surface area (Å²) in [5.74, 6) is -0.158. The zero-order valence-corrected chi connectivity index (χ0v) is 11.7. The minimum Gasteiger partial charge on any atom is -0.508 e. The molecule has 4 nitrogen and oxygen atoms in total. The molecule has 1 heterocycles. The summed E-state index contributed by atoms with van der Waals surface area (Å²) in [5.41, 5.74) is 2.06. The van der Waals surface area contributed by atoms with Gasteiger partial charge in [-0.25, -0.2) is 0 Å². The second-order valence-electron chi connectivity index (χ2n) is 5.11. The van der Waals surface area contributed by atoms with Crippen LogP contribution in [0.3, 0.4) is 0 Å². The average molecular weight is 282 g/mol. The molecule has 3 aromatic rings. The first-order chi connectivity index (χ1) is 9.97. The first kappa shape index (κ1) is 13.2. The Hall–Kier alpha value is -2.75. The Bertz CT molecular complexity index is 907. The van der Waals surface area contributed by atoms with E-state index in [1.54, 1.807) is 31.2 Å². The molecule has 0 aliphatic heterocycles. The number of phenolic OH excluding ortho intramolecular Hbond substituents is 1. The fourth-order valence-electron chi connectivity index (χ4n) is 2.29. The van der Waals surface area contributed by atoms with Gasteiger partial charge < -0.3 is 14.6 Å². The fourth-order valence-corrected chi connectivity index (χ4v) is 2.29. The molecule has 0 unspecified atom stereocenters. The first-order valence-corrected chi connectivity index (χ1v) is 6.54. The Morgan fingerprint density at radius 3 is 2.48 bits per heavy atom. The van der Waals surface area contributed by atoms with Crippen molar-refractivity contribution in [1.82, 2.24) is 0 Å². The van der Waals surface area contributed by atoms with Crippen LogP contribution in [0.5, 0.6) is 11.5 Å². The molecule has 0 bridgehead atoms. The third kappa shape index (κ3) is 2.14. The zero-order valence-electron chi connectivity index (χ0n) is 11.7. The lowest BCUT2D eigenvalue weighted by Gasteiger charge is -2.08. The van der Waals surface area contributed by atoms with Crippen LogP contribution in [-0.2, 0) is 0 Å². The number of benzene rings is 2. The van der Waals surface area contributed by atoms with E-state index in [2.05, 4.69) is 0 Å². The number of hydrogen-bond acceptors (Lipinski definition) is 4. The highest BCUT2D eigenvalue weighted by molar-refractivity contribution is 5.82. The van der Waals surface area contributed by atoms with Crippen LogP contribution >= 0.6 is 0 Å². The van der Waals surface area contributed by atoms with E-state index in [0.29, 0.717) is 22.1 Å². The maximum absolute atomic E-state index is 12.3. The van der Waals surface area contributed by atoms with E-state index >= 15 is 0 Å². The summed E-state index contributed by atoms with van der Waals surface area (Å²) in [5, 5.41) is 20.0. The first-order valence-electron chi connectivity index (χ1n) is 6.54. The SMILES string of the molecule is Cc1ccc2oc(-c3ccc(O)c(C)c3)c(O)c(=O)c2c1. The van der Waals surface area contributed by atoms with Gasteiger partial charge in [-0.2, -0.15) is 0 Å². The molecule has 106 valence electrons. The summed E-state index contributed by atoms with van der Waals surface area (Å²) >= 11 is 0. The quantitative estimate of drug-likeness (QED) is 0.716. The largest absolute Gasteiger partial charge is 0.508 e. The molecule has 4 heteroatoms. The molecule has 2 aromatic carbocycles. The molecule has 2 N–H and O–H groups in total. The van der Waals surface area contributed by atoms with Crippen LogP contribution in [0.2, 0.25) is 0 Å². The molecule has 0 amide bonds. The number of aromatic hydroxyl groups is 2. The van der Waals surface area contributed by atoms with Crippen molar-refractivity contribution in [2.24, 2.45) is 0 Å².